The van der Waals surface area contributed by atoms with E-state index in [0.29, 0.717) is 36.3 Å². The van der Waals surface area contributed by atoms with E-state index in [2.05, 4.69) is 10.2 Å². The Morgan fingerprint density at radius 1 is 1.17 bits per heavy atom. The summed E-state index contributed by atoms with van der Waals surface area (Å²) in [7, 11) is 3.18. The minimum atomic E-state index is -0.385. The lowest BCUT2D eigenvalue weighted by Gasteiger charge is -2.35. The summed E-state index contributed by atoms with van der Waals surface area (Å²) in [5, 5.41) is 13.3. The fraction of sp³-hybridized carbons (Fsp3) is 0.381. The van der Waals surface area contributed by atoms with Crippen LogP contribution in [0.25, 0.3) is 0 Å². The van der Waals surface area contributed by atoms with E-state index in [1.54, 1.807) is 14.2 Å². The third-order valence-corrected chi connectivity index (χ3v) is 5.17. The standard InChI is InChI=1S/C21H25ClN2O5/c1-27-19-6-3-14(11-20(19)28-2)17(24-7-9-29-10-8-24)13-23-21(26)16-12-15(22)4-5-18(16)25/h3-6,11-12,17,25H,7-10,13H2,1-2H3,(H,23,26). The SMILES string of the molecule is COc1ccc(C(CNC(=O)c2cc(Cl)ccc2O)N2CCOCC2)cc1OC. The highest BCUT2D eigenvalue weighted by atomic mass is 35.5. The number of morpholine rings is 1. The first kappa shape index (κ1) is 21.2. The molecule has 0 aromatic heterocycles. The van der Waals surface area contributed by atoms with E-state index in [1.807, 2.05) is 18.2 Å². The molecule has 1 saturated heterocycles. The molecule has 0 saturated carbocycles. The molecule has 1 fully saturated rings. The number of rotatable bonds is 7. The minimum Gasteiger partial charge on any atom is -0.507 e. The molecular weight excluding hydrogens is 396 g/mol. The van der Waals surface area contributed by atoms with Gasteiger partial charge in [-0.25, -0.2) is 0 Å². The maximum Gasteiger partial charge on any atom is 0.255 e. The molecular formula is C21H25ClN2O5. The van der Waals surface area contributed by atoms with Gasteiger partial charge in [0, 0.05) is 24.7 Å². The molecule has 8 heteroatoms. The molecule has 2 aromatic carbocycles. The van der Waals surface area contributed by atoms with Crippen molar-refractivity contribution in [3.05, 3.63) is 52.5 Å². The molecule has 2 N–H and O–H groups in total. The van der Waals surface area contributed by atoms with Gasteiger partial charge in [0.15, 0.2) is 11.5 Å². The van der Waals surface area contributed by atoms with Crippen LogP contribution < -0.4 is 14.8 Å². The van der Waals surface area contributed by atoms with Crippen molar-refractivity contribution in [2.24, 2.45) is 0 Å². The Morgan fingerprint density at radius 2 is 1.90 bits per heavy atom. The first-order chi connectivity index (χ1) is 14.0. The number of nitrogens with one attached hydrogen (secondary N) is 1. The zero-order chi connectivity index (χ0) is 20.8. The number of phenols is 1. The summed E-state index contributed by atoms with van der Waals surface area (Å²) in [5.41, 5.74) is 1.13. The highest BCUT2D eigenvalue weighted by Crippen LogP contribution is 2.32. The van der Waals surface area contributed by atoms with Crippen LogP contribution in [0.15, 0.2) is 36.4 Å². The normalized spacial score (nSPS) is 15.6. The third kappa shape index (κ3) is 5.12. The Kier molecular flexibility index (Phi) is 7.19. The molecule has 156 valence electrons. The van der Waals surface area contributed by atoms with Crippen LogP contribution in [0.4, 0.5) is 0 Å². The van der Waals surface area contributed by atoms with Gasteiger partial charge in [-0.1, -0.05) is 17.7 Å². The van der Waals surface area contributed by atoms with Crippen LogP contribution in [0.5, 0.6) is 17.2 Å². The number of aromatic hydroxyl groups is 1. The van der Waals surface area contributed by atoms with Gasteiger partial charge in [0.1, 0.15) is 5.75 Å². The number of hydrogen-bond acceptors (Lipinski definition) is 6. The molecule has 0 bridgehead atoms. The number of nitrogens with zero attached hydrogens (tertiary/aromatic N) is 1. The maximum atomic E-state index is 12.6. The zero-order valence-corrected chi connectivity index (χ0v) is 17.2. The van der Waals surface area contributed by atoms with E-state index in [0.717, 1.165) is 18.7 Å². The van der Waals surface area contributed by atoms with Crippen molar-refractivity contribution in [3.8, 4) is 17.2 Å². The summed E-state index contributed by atoms with van der Waals surface area (Å²) in [6.07, 6.45) is 0. The van der Waals surface area contributed by atoms with Crippen LogP contribution >= 0.6 is 11.6 Å². The fourth-order valence-electron chi connectivity index (χ4n) is 3.38. The largest absolute Gasteiger partial charge is 0.507 e. The molecule has 3 rings (SSSR count). The molecule has 1 amide bonds. The highest BCUT2D eigenvalue weighted by Gasteiger charge is 2.25. The predicted octanol–water partition coefficient (Wildman–Crippen LogP) is 2.87. The molecule has 1 atom stereocenters. The predicted molar refractivity (Wildman–Crippen MR) is 110 cm³/mol. The van der Waals surface area contributed by atoms with E-state index in [-0.39, 0.29) is 23.3 Å². The second-order valence-electron chi connectivity index (χ2n) is 6.65. The second-order valence-corrected chi connectivity index (χ2v) is 7.09. The Morgan fingerprint density at radius 3 is 2.59 bits per heavy atom. The molecule has 1 aliphatic rings. The maximum absolute atomic E-state index is 12.6. The first-order valence-corrected chi connectivity index (χ1v) is 9.71. The van der Waals surface area contributed by atoms with Crippen molar-refractivity contribution < 1.29 is 24.1 Å². The summed E-state index contributed by atoms with van der Waals surface area (Å²) in [5.74, 6) is 0.775. The number of methoxy groups -OCH3 is 2. The zero-order valence-electron chi connectivity index (χ0n) is 16.5. The van der Waals surface area contributed by atoms with E-state index in [9.17, 15) is 9.90 Å². The van der Waals surface area contributed by atoms with Crippen LogP contribution in [0.1, 0.15) is 22.0 Å². The average Bonchev–Trinajstić information content (AvgIpc) is 2.76. The fourth-order valence-corrected chi connectivity index (χ4v) is 3.55. The van der Waals surface area contributed by atoms with Crippen LogP contribution in [0.3, 0.4) is 0 Å². The van der Waals surface area contributed by atoms with Crippen molar-refractivity contribution >= 4 is 17.5 Å². The summed E-state index contributed by atoms with van der Waals surface area (Å²) in [4.78, 5) is 14.9. The molecule has 0 radical (unpaired) electrons. The van der Waals surface area contributed by atoms with Crippen molar-refractivity contribution in [3.63, 3.8) is 0 Å². The van der Waals surface area contributed by atoms with Crippen molar-refractivity contribution in [2.45, 2.75) is 6.04 Å². The quantitative estimate of drug-likeness (QED) is 0.717. The molecule has 1 aliphatic heterocycles. The first-order valence-electron chi connectivity index (χ1n) is 9.34. The van der Waals surface area contributed by atoms with E-state index in [1.165, 1.54) is 18.2 Å². The van der Waals surface area contributed by atoms with Crippen LogP contribution in [0, 0.1) is 0 Å². The second kappa shape index (κ2) is 9.82. The average molecular weight is 421 g/mol. The Labute approximate surface area is 175 Å². The van der Waals surface area contributed by atoms with Crippen molar-refractivity contribution in [1.82, 2.24) is 10.2 Å². The Bertz CT molecular complexity index is 855. The molecule has 0 spiro atoms. The number of halogens is 1. The lowest BCUT2D eigenvalue weighted by atomic mass is 10.0. The van der Waals surface area contributed by atoms with Gasteiger partial charge >= 0.3 is 0 Å². The van der Waals surface area contributed by atoms with Crippen molar-refractivity contribution in [1.29, 1.82) is 0 Å². The van der Waals surface area contributed by atoms with E-state index in [4.69, 9.17) is 25.8 Å². The molecule has 1 heterocycles. The molecule has 29 heavy (non-hydrogen) atoms. The van der Waals surface area contributed by atoms with Gasteiger partial charge in [-0.05, 0) is 35.9 Å². The van der Waals surface area contributed by atoms with Gasteiger partial charge in [0.25, 0.3) is 5.91 Å². The van der Waals surface area contributed by atoms with Gasteiger partial charge in [-0.15, -0.1) is 0 Å². The summed E-state index contributed by atoms with van der Waals surface area (Å²) >= 11 is 5.96. The summed E-state index contributed by atoms with van der Waals surface area (Å²) < 4.78 is 16.2. The molecule has 2 aromatic rings. The number of ether oxygens (including phenoxy) is 3. The molecule has 7 nitrogen and oxygen atoms in total. The highest BCUT2D eigenvalue weighted by molar-refractivity contribution is 6.31. The smallest absolute Gasteiger partial charge is 0.255 e. The van der Waals surface area contributed by atoms with Crippen molar-refractivity contribution in [2.75, 3.05) is 47.1 Å². The summed E-state index contributed by atoms with van der Waals surface area (Å²) in [6.45, 7) is 3.11. The lowest BCUT2D eigenvalue weighted by molar-refractivity contribution is 0.0162. The topological polar surface area (TPSA) is 80.3 Å². The number of carbonyl (C=O) groups excluding carboxylic acids is 1. The summed E-state index contributed by atoms with van der Waals surface area (Å²) in [6, 6.07) is 10.0. The van der Waals surface area contributed by atoms with E-state index >= 15 is 0 Å². The lowest BCUT2D eigenvalue weighted by Crippen LogP contribution is -2.43. The van der Waals surface area contributed by atoms with Crippen LogP contribution in [-0.2, 0) is 4.74 Å². The molecule has 1 unspecified atom stereocenters. The van der Waals surface area contributed by atoms with Crippen LogP contribution in [0.2, 0.25) is 5.02 Å². The van der Waals surface area contributed by atoms with Gasteiger partial charge in [0.2, 0.25) is 0 Å². The number of hydrogen-bond donors (Lipinski definition) is 2. The number of carbonyl (C=O) groups is 1. The van der Waals surface area contributed by atoms with Crippen LogP contribution in [-0.4, -0.2) is 63.0 Å². The number of phenolic OH excluding ortho intramolecular Hbond substituents is 1. The van der Waals surface area contributed by atoms with Gasteiger partial charge < -0.3 is 24.6 Å². The monoisotopic (exact) mass is 420 g/mol. The minimum absolute atomic E-state index is 0.0935. The van der Waals surface area contributed by atoms with Gasteiger partial charge in [0.05, 0.1) is 39.0 Å². The number of benzene rings is 2. The Hall–Kier alpha value is -2.48. The van der Waals surface area contributed by atoms with E-state index < -0.39 is 0 Å². The van der Waals surface area contributed by atoms with Gasteiger partial charge in [-0.3, -0.25) is 9.69 Å². The Balaban J connectivity index is 1.82. The number of amides is 1. The third-order valence-electron chi connectivity index (χ3n) is 4.94. The van der Waals surface area contributed by atoms with Gasteiger partial charge in [-0.2, -0.15) is 0 Å². The molecule has 0 aliphatic carbocycles.